The van der Waals surface area contributed by atoms with Gasteiger partial charge in [-0.2, -0.15) is 8.78 Å². The van der Waals surface area contributed by atoms with Gasteiger partial charge in [0.25, 0.3) is 0 Å². The van der Waals surface area contributed by atoms with Crippen LogP contribution in [0, 0.1) is 40.8 Å². The molecule has 1 aliphatic rings. The molecule has 1 aliphatic carbocycles. The molecule has 1 fully saturated rings. The van der Waals surface area contributed by atoms with E-state index in [4.69, 9.17) is 0 Å². The minimum atomic E-state index is -4.65. The second-order valence-electron chi connectivity index (χ2n) is 12.3. The molecule has 2 nitrogen and oxygen atoms in total. The molecule has 4 aromatic carbocycles. The number of ether oxygens (including phenoxy) is 2. The van der Waals surface area contributed by atoms with E-state index in [0.29, 0.717) is 36.2 Å². The molecule has 0 heterocycles. The van der Waals surface area contributed by atoms with E-state index in [1.807, 2.05) is 0 Å². The van der Waals surface area contributed by atoms with E-state index in [9.17, 15) is 17.6 Å². The molecular weight excluding hydrogens is 659 g/mol. The predicted octanol–water partition coefficient (Wildman–Crippen LogP) is 12.2. The Labute approximate surface area is 278 Å². The molecule has 0 bridgehead atoms. The SMILES string of the molecule is CCCCCC1CCC(c2ccc(-c3cc(F)c(C(F)(F)Oc4ccc(-c5cc(F)c(OCCF)c(F)c5)c(F)c4)c(F)c3)c(F)c2)CC1. The zero-order chi connectivity index (χ0) is 35.3. The summed E-state index contributed by atoms with van der Waals surface area (Å²) < 4.78 is 141. The highest BCUT2D eigenvalue weighted by atomic mass is 19.3. The summed E-state index contributed by atoms with van der Waals surface area (Å²) in [5.41, 5.74) is -2.22. The molecule has 0 radical (unpaired) electrons. The third kappa shape index (κ3) is 8.36. The topological polar surface area (TPSA) is 18.5 Å². The van der Waals surface area contributed by atoms with Gasteiger partial charge in [-0.15, -0.1) is 0 Å². The van der Waals surface area contributed by atoms with E-state index in [-0.39, 0.29) is 22.6 Å². The zero-order valence-electron chi connectivity index (χ0n) is 26.7. The third-order valence-corrected chi connectivity index (χ3v) is 8.99. The second-order valence-corrected chi connectivity index (χ2v) is 12.3. The Morgan fingerprint density at radius 3 is 1.80 bits per heavy atom. The van der Waals surface area contributed by atoms with E-state index in [2.05, 4.69) is 16.4 Å². The first-order valence-electron chi connectivity index (χ1n) is 16.3. The molecule has 0 aliphatic heterocycles. The van der Waals surface area contributed by atoms with Crippen LogP contribution < -0.4 is 9.47 Å². The van der Waals surface area contributed by atoms with Crippen molar-refractivity contribution in [2.75, 3.05) is 13.3 Å². The summed E-state index contributed by atoms with van der Waals surface area (Å²) in [7, 11) is 0. The van der Waals surface area contributed by atoms with Crippen LogP contribution in [-0.2, 0) is 6.11 Å². The second kappa shape index (κ2) is 15.6. The Balaban J connectivity index is 1.30. The molecule has 0 unspecified atom stereocenters. The van der Waals surface area contributed by atoms with Gasteiger partial charge in [0.05, 0.1) is 0 Å². The first-order valence-corrected chi connectivity index (χ1v) is 16.3. The molecule has 11 heteroatoms. The lowest BCUT2D eigenvalue weighted by Gasteiger charge is -2.29. The van der Waals surface area contributed by atoms with Gasteiger partial charge in [0.15, 0.2) is 17.4 Å². The van der Waals surface area contributed by atoms with E-state index >= 15 is 22.0 Å². The van der Waals surface area contributed by atoms with Crippen molar-refractivity contribution < 1.29 is 49.0 Å². The summed E-state index contributed by atoms with van der Waals surface area (Å²) >= 11 is 0. The smallest absolute Gasteiger partial charge is 0.432 e. The van der Waals surface area contributed by atoms with E-state index < -0.39 is 76.9 Å². The van der Waals surface area contributed by atoms with Crippen LogP contribution in [0.4, 0.5) is 39.5 Å². The maximum absolute atomic E-state index is 15.3. The van der Waals surface area contributed by atoms with Gasteiger partial charge in [-0.05, 0) is 96.7 Å². The maximum Gasteiger partial charge on any atom is 0.432 e. The summed E-state index contributed by atoms with van der Waals surface area (Å²) in [5, 5.41) is 0. The fourth-order valence-electron chi connectivity index (χ4n) is 6.48. The maximum atomic E-state index is 15.3. The van der Waals surface area contributed by atoms with Crippen LogP contribution in [0.2, 0.25) is 0 Å². The van der Waals surface area contributed by atoms with Crippen molar-refractivity contribution in [2.24, 2.45) is 5.92 Å². The minimum Gasteiger partial charge on any atom is -0.485 e. The average molecular weight is 695 g/mol. The third-order valence-electron chi connectivity index (χ3n) is 8.99. The predicted molar refractivity (Wildman–Crippen MR) is 168 cm³/mol. The Hall–Kier alpha value is -4.15. The number of hydrogen-bond acceptors (Lipinski definition) is 2. The Bertz CT molecular complexity index is 1720. The van der Waals surface area contributed by atoms with Gasteiger partial charge < -0.3 is 9.47 Å². The van der Waals surface area contributed by atoms with Gasteiger partial charge >= 0.3 is 6.11 Å². The summed E-state index contributed by atoms with van der Waals surface area (Å²) in [6, 6.07) is 9.09. The van der Waals surface area contributed by atoms with Crippen molar-refractivity contribution in [3.05, 3.63) is 107 Å². The summed E-state index contributed by atoms with van der Waals surface area (Å²) in [6.07, 6.45) is 4.05. The number of benzene rings is 4. The van der Waals surface area contributed by atoms with Gasteiger partial charge in [-0.3, -0.25) is 0 Å². The highest BCUT2D eigenvalue weighted by Crippen LogP contribution is 2.41. The van der Waals surface area contributed by atoms with Crippen LogP contribution >= 0.6 is 0 Å². The van der Waals surface area contributed by atoms with Crippen LogP contribution in [-0.4, -0.2) is 13.3 Å². The van der Waals surface area contributed by atoms with Crippen molar-refractivity contribution in [3.8, 4) is 33.8 Å². The van der Waals surface area contributed by atoms with Crippen molar-refractivity contribution >= 4 is 0 Å². The average Bonchev–Trinajstić information content (AvgIpc) is 3.04. The molecule has 1 saturated carbocycles. The van der Waals surface area contributed by atoms with E-state index in [0.717, 1.165) is 43.4 Å². The molecule has 0 saturated heterocycles. The summed E-state index contributed by atoms with van der Waals surface area (Å²) in [5.74, 6) is -8.84. The first-order chi connectivity index (χ1) is 23.4. The van der Waals surface area contributed by atoms with Crippen LogP contribution in [0.25, 0.3) is 22.3 Å². The van der Waals surface area contributed by atoms with Crippen molar-refractivity contribution in [1.82, 2.24) is 0 Å². The molecule has 0 N–H and O–H groups in total. The monoisotopic (exact) mass is 694 g/mol. The molecule has 5 rings (SSSR count). The van der Waals surface area contributed by atoms with Crippen molar-refractivity contribution in [3.63, 3.8) is 0 Å². The van der Waals surface area contributed by atoms with Crippen LogP contribution in [0.1, 0.15) is 75.3 Å². The van der Waals surface area contributed by atoms with Gasteiger partial charge in [-0.25, -0.2) is 30.7 Å². The largest absolute Gasteiger partial charge is 0.485 e. The Morgan fingerprint density at radius 2 is 1.24 bits per heavy atom. The van der Waals surface area contributed by atoms with Gasteiger partial charge in [0, 0.05) is 17.2 Å². The number of hydrogen-bond donors (Lipinski definition) is 0. The number of alkyl halides is 3. The van der Waals surface area contributed by atoms with Gasteiger partial charge in [-0.1, -0.05) is 44.7 Å². The molecule has 0 spiro atoms. The van der Waals surface area contributed by atoms with Crippen molar-refractivity contribution in [2.45, 2.75) is 70.3 Å². The zero-order valence-corrected chi connectivity index (χ0v) is 26.7. The molecule has 49 heavy (non-hydrogen) atoms. The summed E-state index contributed by atoms with van der Waals surface area (Å²) in [4.78, 5) is 0. The van der Waals surface area contributed by atoms with Crippen LogP contribution in [0.5, 0.6) is 11.5 Å². The number of halogens is 9. The fraction of sp³-hybridized carbons (Fsp3) is 0.368. The Kier molecular flexibility index (Phi) is 11.5. The molecule has 0 aromatic heterocycles. The lowest BCUT2D eigenvalue weighted by Crippen LogP contribution is -2.25. The molecule has 0 amide bonds. The molecular formula is C38H35F9O2. The highest BCUT2D eigenvalue weighted by Gasteiger charge is 2.41. The molecule has 4 aromatic rings. The standard InChI is InChI=1S/C38H35F9O2/c1-2-3-4-5-22-6-8-23(9-7-22)24-10-12-28(30(40)16-24)25-17-32(42)36(33(43)18-25)38(46,47)49-27-11-13-29(31(41)21-27)26-19-34(44)37(35(45)20-26)48-15-14-39/h10-13,16-23H,2-9,14-15H2,1H3. The fourth-order valence-corrected chi connectivity index (χ4v) is 6.48. The highest BCUT2D eigenvalue weighted by molar-refractivity contribution is 5.67. The quantitative estimate of drug-likeness (QED) is 0.102. The van der Waals surface area contributed by atoms with Crippen LogP contribution in [0.15, 0.2) is 60.7 Å². The Morgan fingerprint density at radius 1 is 0.673 bits per heavy atom. The first kappa shape index (κ1) is 36.1. The summed E-state index contributed by atoms with van der Waals surface area (Å²) in [6.45, 7) is 0.541. The number of unbranched alkanes of at least 4 members (excludes halogenated alkanes) is 2. The van der Waals surface area contributed by atoms with E-state index in [1.165, 1.54) is 37.8 Å². The van der Waals surface area contributed by atoms with Gasteiger partial charge in [0.1, 0.15) is 47.9 Å². The lowest BCUT2D eigenvalue weighted by atomic mass is 9.77. The minimum absolute atomic E-state index is 0.160. The normalized spacial score (nSPS) is 16.5. The molecule has 262 valence electrons. The lowest BCUT2D eigenvalue weighted by molar-refractivity contribution is -0.189. The van der Waals surface area contributed by atoms with Crippen LogP contribution in [0.3, 0.4) is 0 Å². The van der Waals surface area contributed by atoms with Gasteiger partial charge in [0.2, 0.25) is 0 Å². The van der Waals surface area contributed by atoms with Crippen molar-refractivity contribution in [1.29, 1.82) is 0 Å². The van der Waals surface area contributed by atoms with E-state index in [1.54, 1.807) is 6.07 Å². The molecule has 0 atom stereocenters. The number of rotatable bonds is 13.